The second kappa shape index (κ2) is 6.50. The molecule has 4 nitrogen and oxygen atoms in total. The molecular weight excluding hydrogens is 286 g/mol. The van der Waals surface area contributed by atoms with E-state index in [1.165, 1.54) is 0 Å². The van der Waals surface area contributed by atoms with E-state index in [0.29, 0.717) is 22.8 Å². The lowest BCUT2D eigenvalue weighted by Crippen LogP contribution is -2.15. The molecule has 21 heavy (non-hydrogen) atoms. The Kier molecular flexibility index (Phi) is 4.70. The normalized spacial score (nSPS) is 10.2. The summed E-state index contributed by atoms with van der Waals surface area (Å²) in [4.78, 5) is 13.9. The standard InChI is InChI=1S/C16H18ClN3O/c1-20(2)15-8-7-13(10-14(15)17)19-16(21)9-11-3-5-12(18)6-4-11/h3-8,10H,9,18H2,1-2H3,(H,19,21). The number of halogens is 1. The molecule has 0 heterocycles. The van der Waals surface area contributed by atoms with E-state index in [-0.39, 0.29) is 5.91 Å². The summed E-state index contributed by atoms with van der Waals surface area (Å²) >= 11 is 6.18. The smallest absolute Gasteiger partial charge is 0.228 e. The van der Waals surface area contributed by atoms with Gasteiger partial charge in [0.05, 0.1) is 17.1 Å². The number of anilines is 3. The lowest BCUT2D eigenvalue weighted by molar-refractivity contribution is -0.115. The van der Waals surface area contributed by atoms with Crippen LogP contribution >= 0.6 is 11.6 Å². The number of hydrogen-bond donors (Lipinski definition) is 2. The molecular formula is C16H18ClN3O. The van der Waals surface area contributed by atoms with Gasteiger partial charge in [-0.3, -0.25) is 4.79 Å². The molecule has 0 saturated heterocycles. The molecule has 2 rings (SSSR count). The lowest BCUT2D eigenvalue weighted by Gasteiger charge is -2.15. The fourth-order valence-electron chi connectivity index (χ4n) is 1.97. The molecule has 2 aromatic rings. The third-order valence-corrected chi connectivity index (χ3v) is 3.36. The molecule has 0 radical (unpaired) electrons. The Bertz CT molecular complexity index is 638. The Morgan fingerprint density at radius 1 is 1.19 bits per heavy atom. The minimum atomic E-state index is -0.0894. The van der Waals surface area contributed by atoms with Crippen molar-refractivity contribution < 1.29 is 4.79 Å². The summed E-state index contributed by atoms with van der Waals surface area (Å²) in [6.07, 6.45) is 0.299. The minimum Gasteiger partial charge on any atom is -0.399 e. The van der Waals surface area contributed by atoms with E-state index in [2.05, 4.69) is 5.32 Å². The van der Waals surface area contributed by atoms with Crippen LogP contribution in [0.5, 0.6) is 0 Å². The Morgan fingerprint density at radius 3 is 2.43 bits per heavy atom. The van der Waals surface area contributed by atoms with E-state index in [4.69, 9.17) is 17.3 Å². The first-order valence-electron chi connectivity index (χ1n) is 6.57. The zero-order valence-corrected chi connectivity index (χ0v) is 12.8. The van der Waals surface area contributed by atoms with Crippen molar-refractivity contribution in [2.75, 3.05) is 30.0 Å². The first-order chi connectivity index (χ1) is 9.95. The Labute approximate surface area is 129 Å². The molecule has 1 amide bonds. The summed E-state index contributed by atoms with van der Waals surface area (Å²) in [5, 5.41) is 3.44. The maximum atomic E-state index is 12.0. The number of nitrogens with zero attached hydrogens (tertiary/aromatic N) is 1. The summed E-state index contributed by atoms with van der Waals surface area (Å²) in [5.74, 6) is -0.0894. The Balaban J connectivity index is 2.02. The Morgan fingerprint density at radius 2 is 1.86 bits per heavy atom. The van der Waals surface area contributed by atoms with Crippen molar-refractivity contribution in [3.63, 3.8) is 0 Å². The van der Waals surface area contributed by atoms with Gasteiger partial charge in [0.1, 0.15) is 0 Å². The van der Waals surface area contributed by atoms with Crippen LogP contribution in [0.1, 0.15) is 5.56 Å². The van der Waals surface area contributed by atoms with Crippen molar-refractivity contribution in [2.24, 2.45) is 0 Å². The van der Waals surface area contributed by atoms with Crippen LogP contribution in [0.2, 0.25) is 5.02 Å². The van der Waals surface area contributed by atoms with Crippen LogP contribution < -0.4 is 16.0 Å². The zero-order valence-electron chi connectivity index (χ0n) is 12.1. The van der Waals surface area contributed by atoms with Gasteiger partial charge < -0.3 is 16.0 Å². The number of benzene rings is 2. The highest BCUT2D eigenvalue weighted by Crippen LogP contribution is 2.27. The SMILES string of the molecule is CN(C)c1ccc(NC(=O)Cc2ccc(N)cc2)cc1Cl. The molecule has 0 aliphatic rings. The van der Waals surface area contributed by atoms with Gasteiger partial charge in [0.25, 0.3) is 0 Å². The quantitative estimate of drug-likeness (QED) is 0.853. The molecule has 0 atom stereocenters. The number of nitrogens with two attached hydrogens (primary N) is 1. The third kappa shape index (κ3) is 4.13. The van der Waals surface area contributed by atoms with Gasteiger partial charge in [-0.2, -0.15) is 0 Å². The fourth-order valence-corrected chi connectivity index (χ4v) is 2.32. The van der Waals surface area contributed by atoms with Crippen molar-refractivity contribution in [2.45, 2.75) is 6.42 Å². The number of nitrogens with one attached hydrogen (secondary N) is 1. The van der Waals surface area contributed by atoms with Crippen molar-refractivity contribution in [3.8, 4) is 0 Å². The highest BCUT2D eigenvalue weighted by atomic mass is 35.5. The second-order valence-corrected chi connectivity index (χ2v) is 5.43. The van der Waals surface area contributed by atoms with Crippen LogP contribution in [0.15, 0.2) is 42.5 Å². The van der Waals surface area contributed by atoms with Crippen molar-refractivity contribution in [1.29, 1.82) is 0 Å². The summed E-state index contributed by atoms with van der Waals surface area (Å²) in [5.41, 5.74) is 8.81. The Hall–Kier alpha value is -2.20. The number of carbonyl (C=O) groups is 1. The van der Waals surface area contributed by atoms with Gasteiger partial charge in [-0.05, 0) is 35.9 Å². The lowest BCUT2D eigenvalue weighted by atomic mass is 10.1. The molecule has 0 unspecified atom stereocenters. The molecule has 0 bridgehead atoms. The molecule has 0 fully saturated rings. The molecule has 0 aliphatic carbocycles. The summed E-state index contributed by atoms with van der Waals surface area (Å²) < 4.78 is 0. The van der Waals surface area contributed by atoms with Crippen LogP contribution in [0.25, 0.3) is 0 Å². The topological polar surface area (TPSA) is 58.4 Å². The molecule has 0 aliphatic heterocycles. The third-order valence-electron chi connectivity index (χ3n) is 3.06. The zero-order chi connectivity index (χ0) is 15.4. The van der Waals surface area contributed by atoms with Gasteiger partial charge in [-0.1, -0.05) is 23.7 Å². The fraction of sp³-hybridized carbons (Fsp3) is 0.188. The van der Waals surface area contributed by atoms with E-state index in [1.807, 2.05) is 43.3 Å². The minimum absolute atomic E-state index is 0.0894. The average molecular weight is 304 g/mol. The summed E-state index contributed by atoms with van der Waals surface area (Å²) in [7, 11) is 3.83. The van der Waals surface area contributed by atoms with Crippen LogP contribution in [0, 0.1) is 0 Å². The predicted octanol–water partition coefficient (Wildman–Crippen LogP) is 3.17. The maximum Gasteiger partial charge on any atom is 0.228 e. The highest BCUT2D eigenvalue weighted by Gasteiger charge is 2.07. The monoisotopic (exact) mass is 303 g/mol. The van der Waals surface area contributed by atoms with Gasteiger partial charge >= 0.3 is 0 Å². The summed E-state index contributed by atoms with van der Waals surface area (Å²) in [6.45, 7) is 0. The predicted molar refractivity (Wildman–Crippen MR) is 89.0 cm³/mol. The number of rotatable bonds is 4. The molecule has 5 heteroatoms. The van der Waals surface area contributed by atoms with Crippen LogP contribution in [0.4, 0.5) is 17.1 Å². The van der Waals surface area contributed by atoms with E-state index >= 15 is 0 Å². The number of carbonyl (C=O) groups excluding carboxylic acids is 1. The average Bonchev–Trinajstić information content (AvgIpc) is 2.41. The molecule has 0 spiro atoms. The van der Waals surface area contributed by atoms with E-state index in [0.717, 1.165) is 11.3 Å². The molecule has 110 valence electrons. The van der Waals surface area contributed by atoms with E-state index in [1.54, 1.807) is 18.2 Å². The first-order valence-corrected chi connectivity index (χ1v) is 6.94. The number of amides is 1. The first kappa shape index (κ1) is 15.2. The number of hydrogen-bond acceptors (Lipinski definition) is 3. The van der Waals surface area contributed by atoms with E-state index in [9.17, 15) is 4.79 Å². The van der Waals surface area contributed by atoms with Gasteiger partial charge in [-0.25, -0.2) is 0 Å². The highest BCUT2D eigenvalue weighted by molar-refractivity contribution is 6.33. The molecule has 2 aromatic carbocycles. The van der Waals surface area contributed by atoms with Gasteiger partial charge in [0, 0.05) is 25.5 Å². The molecule has 3 N–H and O–H groups in total. The van der Waals surface area contributed by atoms with Crippen molar-refractivity contribution >= 4 is 34.6 Å². The van der Waals surface area contributed by atoms with Crippen molar-refractivity contribution in [1.82, 2.24) is 0 Å². The summed E-state index contributed by atoms with van der Waals surface area (Å²) in [6, 6.07) is 12.7. The number of nitrogen functional groups attached to an aromatic ring is 1. The van der Waals surface area contributed by atoms with Crippen LogP contribution in [-0.2, 0) is 11.2 Å². The maximum absolute atomic E-state index is 12.0. The second-order valence-electron chi connectivity index (χ2n) is 5.03. The largest absolute Gasteiger partial charge is 0.399 e. The van der Waals surface area contributed by atoms with Gasteiger partial charge in [-0.15, -0.1) is 0 Å². The molecule has 0 saturated carbocycles. The molecule has 0 aromatic heterocycles. The van der Waals surface area contributed by atoms with E-state index < -0.39 is 0 Å². The van der Waals surface area contributed by atoms with Crippen molar-refractivity contribution in [3.05, 3.63) is 53.1 Å². The van der Waals surface area contributed by atoms with Crippen LogP contribution in [0.3, 0.4) is 0 Å². The van der Waals surface area contributed by atoms with Crippen LogP contribution in [-0.4, -0.2) is 20.0 Å². The van der Waals surface area contributed by atoms with Gasteiger partial charge in [0.2, 0.25) is 5.91 Å². The van der Waals surface area contributed by atoms with Gasteiger partial charge in [0.15, 0.2) is 0 Å².